The van der Waals surface area contributed by atoms with Crippen molar-refractivity contribution in [2.45, 2.75) is 52.7 Å². The van der Waals surface area contributed by atoms with Crippen LogP contribution in [0.25, 0.3) is 0 Å². The zero-order valence-corrected chi connectivity index (χ0v) is 22.1. The molecule has 0 unspecified atom stereocenters. The van der Waals surface area contributed by atoms with Crippen molar-refractivity contribution < 1.29 is 9.53 Å². The molecule has 2 aromatic rings. The van der Waals surface area contributed by atoms with Crippen LogP contribution in [-0.2, 0) is 22.6 Å². The maximum Gasteiger partial charge on any atom is 0.288 e. The Morgan fingerprint density at radius 3 is 2.75 bits per heavy atom. The molecule has 2 heterocycles. The van der Waals surface area contributed by atoms with Crippen LogP contribution in [0.15, 0.2) is 35.3 Å². The maximum absolute atomic E-state index is 12.9. The van der Waals surface area contributed by atoms with E-state index in [0.29, 0.717) is 35.4 Å². The molecule has 9 heteroatoms. The van der Waals surface area contributed by atoms with E-state index in [0.717, 1.165) is 48.7 Å². The Labute approximate surface area is 217 Å². The van der Waals surface area contributed by atoms with Crippen molar-refractivity contribution in [1.82, 2.24) is 15.1 Å². The first kappa shape index (κ1) is 25.1. The number of anilines is 2. The topological polar surface area (TPSA) is 88.5 Å². The molecule has 2 N–H and O–H groups in total. The van der Waals surface area contributed by atoms with Gasteiger partial charge in [0.2, 0.25) is 5.91 Å². The van der Waals surface area contributed by atoms with E-state index in [1.165, 1.54) is 6.42 Å². The highest BCUT2D eigenvalue weighted by atomic mass is 35.5. The normalized spacial score (nSPS) is 26.7. The molecule has 3 aliphatic carbocycles. The summed E-state index contributed by atoms with van der Waals surface area (Å²) < 4.78 is 6.55. The van der Waals surface area contributed by atoms with Gasteiger partial charge in [0.05, 0.1) is 25.1 Å². The van der Waals surface area contributed by atoms with Crippen molar-refractivity contribution in [3.8, 4) is 0 Å². The molecule has 6 rings (SSSR count). The van der Waals surface area contributed by atoms with E-state index < -0.39 is 5.56 Å². The van der Waals surface area contributed by atoms with Crippen LogP contribution in [0.5, 0.6) is 0 Å². The number of benzene rings is 1. The number of rotatable bonds is 7. The summed E-state index contributed by atoms with van der Waals surface area (Å²) >= 11 is 6.44. The fraction of sp³-hybridized carbons (Fsp3) is 0.593. The number of carbonyl (C=O) groups is 1. The lowest BCUT2D eigenvalue weighted by atomic mass is 9.45. The second-order valence-corrected chi connectivity index (χ2v) is 11.5. The second kappa shape index (κ2) is 10.1. The van der Waals surface area contributed by atoms with E-state index in [-0.39, 0.29) is 23.5 Å². The average Bonchev–Trinajstić information content (AvgIpc) is 2.88. The first-order valence-electron chi connectivity index (χ1n) is 12.9. The van der Waals surface area contributed by atoms with Crippen LogP contribution in [0, 0.1) is 23.2 Å². The van der Waals surface area contributed by atoms with Crippen molar-refractivity contribution in [2.75, 3.05) is 36.5 Å². The molecule has 0 spiro atoms. The number of fused-ring (bicyclic) bond motifs is 2. The summed E-state index contributed by atoms with van der Waals surface area (Å²) in [5.41, 5.74) is 2.59. The Morgan fingerprint density at radius 2 is 2.03 bits per heavy atom. The van der Waals surface area contributed by atoms with Gasteiger partial charge in [0.25, 0.3) is 5.56 Å². The molecule has 0 radical (unpaired) electrons. The molecular weight excluding hydrogens is 478 g/mol. The molecule has 1 amide bonds. The minimum Gasteiger partial charge on any atom is -0.379 e. The first-order valence-corrected chi connectivity index (χ1v) is 13.3. The summed E-state index contributed by atoms with van der Waals surface area (Å²) in [4.78, 5) is 27.7. The van der Waals surface area contributed by atoms with Crippen LogP contribution in [0.4, 0.5) is 11.4 Å². The zero-order valence-electron chi connectivity index (χ0n) is 21.3. The second-order valence-electron chi connectivity index (χ2n) is 11.1. The van der Waals surface area contributed by atoms with E-state index in [1.54, 1.807) is 6.20 Å². The van der Waals surface area contributed by atoms with Gasteiger partial charge in [-0.15, -0.1) is 0 Å². The van der Waals surface area contributed by atoms with E-state index in [2.05, 4.69) is 53.5 Å². The van der Waals surface area contributed by atoms with E-state index in [9.17, 15) is 9.59 Å². The van der Waals surface area contributed by atoms with Crippen LogP contribution >= 0.6 is 11.6 Å². The fourth-order valence-corrected chi connectivity index (χ4v) is 6.50. The molecular formula is C27H36ClN5O3. The van der Waals surface area contributed by atoms with Crippen molar-refractivity contribution in [2.24, 2.45) is 23.2 Å². The van der Waals surface area contributed by atoms with Gasteiger partial charge in [-0.1, -0.05) is 44.5 Å². The minimum atomic E-state index is -0.458. The molecule has 1 aromatic carbocycles. The lowest BCUT2D eigenvalue weighted by Crippen LogP contribution is -2.58. The van der Waals surface area contributed by atoms with Crippen molar-refractivity contribution in [3.05, 3.63) is 51.4 Å². The monoisotopic (exact) mass is 513 g/mol. The Balaban J connectivity index is 1.17. The number of morpholine rings is 1. The van der Waals surface area contributed by atoms with Crippen molar-refractivity contribution in [1.29, 1.82) is 0 Å². The summed E-state index contributed by atoms with van der Waals surface area (Å²) in [6.45, 7) is 10.3. The third-order valence-corrected chi connectivity index (χ3v) is 9.12. The van der Waals surface area contributed by atoms with Crippen LogP contribution in [0.2, 0.25) is 5.02 Å². The predicted octanol–water partition coefficient (Wildman–Crippen LogP) is 3.53. The predicted molar refractivity (Wildman–Crippen MR) is 141 cm³/mol. The van der Waals surface area contributed by atoms with E-state index in [1.807, 2.05) is 12.1 Å². The van der Waals surface area contributed by atoms with Crippen LogP contribution < -0.4 is 21.1 Å². The van der Waals surface area contributed by atoms with Gasteiger partial charge >= 0.3 is 0 Å². The number of hydrogen-bond donors (Lipinski definition) is 2. The first-order chi connectivity index (χ1) is 17.2. The number of nitrogens with one attached hydrogen (secondary N) is 2. The van der Waals surface area contributed by atoms with Gasteiger partial charge in [-0.3, -0.25) is 9.59 Å². The number of halogens is 1. The highest BCUT2D eigenvalue weighted by Crippen LogP contribution is 2.61. The molecule has 8 nitrogen and oxygen atoms in total. The summed E-state index contributed by atoms with van der Waals surface area (Å²) in [5, 5.41) is 10.7. The standard InChI is InChI=1S/C27H36ClN5O3/c1-17-21-12-19(27(21,2)3)13-22(17)31-23-15-30-33(26(35)25(23)28)16-24(34)29-14-18-5-4-6-20(11-18)32-7-9-36-10-8-32/h4-6,11,15,17,19,21-22,31H,7-10,12-14,16H2,1-3H3,(H,29,34)/t17-,19+,21-,22-/m1/s1. The molecule has 1 aliphatic heterocycles. The summed E-state index contributed by atoms with van der Waals surface area (Å²) in [6.07, 6.45) is 3.92. The largest absolute Gasteiger partial charge is 0.379 e. The number of carbonyl (C=O) groups excluding carboxylic acids is 1. The Morgan fingerprint density at radius 1 is 1.25 bits per heavy atom. The van der Waals surface area contributed by atoms with E-state index >= 15 is 0 Å². The molecule has 36 heavy (non-hydrogen) atoms. The zero-order chi connectivity index (χ0) is 25.4. The van der Waals surface area contributed by atoms with Crippen LogP contribution in [0.3, 0.4) is 0 Å². The summed E-state index contributed by atoms with van der Waals surface area (Å²) in [5.74, 6) is 1.58. The van der Waals surface area contributed by atoms with Gasteiger partial charge in [-0.2, -0.15) is 5.10 Å². The Hall–Kier alpha value is -2.58. The quantitative estimate of drug-likeness (QED) is 0.589. The van der Waals surface area contributed by atoms with Gasteiger partial charge in [0.15, 0.2) is 0 Å². The third-order valence-electron chi connectivity index (χ3n) is 8.75. The Bertz CT molecular complexity index is 1180. The minimum absolute atomic E-state index is 0.0849. The molecule has 1 saturated heterocycles. The fourth-order valence-electron chi connectivity index (χ4n) is 6.30. The lowest BCUT2D eigenvalue weighted by molar-refractivity contribution is -0.122. The lowest BCUT2D eigenvalue weighted by Gasteiger charge is -2.62. The molecule has 3 saturated carbocycles. The Kier molecular flexibility index (Phi) is 7.01. The van der Waals surface area contributed by atoms with Gasteiger partial charge in [-0.25, -0.2) is 4.68 Å². The number of amides is 1. The summed E-state index contributed by atoms with van der Waals surface area (Å²) in [6, 6.07) is 8.37. The van der Waals surface area contributed by atoms with Gasteiger partial charge < -0.3 is 20.3 Å². The van der Waals surface area contributed by atoms with Crippen molar-refractivity contribution >= 4 is 28.9 Å². The third kappa shape index (κ3) is 4.85. The SMILES string of the molecule is C[C@@H]1[C@H]2C[C@@H](C[C@H]1Nc1cnn(CC(=O)NCc3cccc(N4CCOCC4)c3)c(=O)c1Cl)C2(C)C. The molecule has 1 aromatic heterocycles. The maximum atomic E-state index is 12.9. The smallest absolute Gasteiger partial charge is 0.288 e. The van der Waals surface area contributed by atoms with Gasteiger partial charge in [0, 0.05) is 31.4 Å². The molecule has 2 bridgehead atoms. The van der Waals surface area contributed by atoms with Crippen molar-refractivity contribution in [3.63, 3.8) is 0 Å². The highest BCUT2D eigenvalue weighted by molar-refractivity contribution is 6.32. The average molecular weight is 514 g/mol. The van der Waals surface area contributed by atoms with Gasteiger partial charge in [0.1, 0.15) is 11.6 Å². The number of hydrogen-bond acceptors (Lipinski definition) is 6. The number of ether oxygens (including phenoxy) is 1. The highest BCUT2D eigenvalue weighted by Gasteiger charge is 2.56. The molecule has 4 aliphatic rings. The van der Waals surface area contributed by atoms with Crippen LogP contribution in [-0.4, -0.2) is 48.0 Å². The molecule has 4 atom stereocenters. The molecule has 194 valence electrons. The van der Waals surface area contributed by atoms with Gasteiger partial charge in [-0.05, 0) is 53.7 Å². The number of nitrogens with zero attached hydrogens (tertiary/aromatic N) is 3. The van der Waals surface area contributed by atoms with Crippen LogP contribution in [0.1, 0.15) is 39.2 Å². The summed E-state index contributed by atoms with van der Waals surface area (Å²) in [7, 11) is 0. The molecule has 4 fully saturated rings. The number of aromatic nitrogens is 2. The van der Waals surface area contributed by atoms with E-state index in [4.69, 9.17) is 16.3 Å².